The molecule has 3 nitrogen and oxygen atoms in total. The first kappa shape index (κ1) is 17.4. The van der Waals surface area contributed by atoms with Crippen LogP contribution in [0.25, 0.3) is 0 Å². The SMILES string of the molecule is CC(C)C=O.CNCc1ccc(OC(F)(F)F)cc1. The predicted octanol–water partition coefficient (Wildman–Crippen LogP) is 3.15. The molecule has 0 saturated heterocycles. The van der Waals surface area contributed by atoms with Crippen LogP contribution in [-0.2, 0) is 11.3 Å². The van der Waals surface area contributed by atoms with E-state index in [1.54, 1.807) is 19.2 Å². The monoisotopic (exact) mass is 277 g/mol. The van der Waals surface area contributed by atoms with E-state index in [0.29, 0.717) is 6.54 Å². The van der Waals surface area contributed by atoms with Crippen LogP contribution in [0.4, 0.5) is 13.2 Å². The summed E-state index contributed by atoms with van der Waals surface area (Å²) >= 11 is 0. The Morgan fingerprint density at radius 1 is 1.26 bits per heavy atom. The van der Waals surface area contributed by atoms with Crippen LogP contribution in [-0.4, -0.2) is 19.7 Å². The maximum absolute atomic E-state index is 11.8. The van der Waals surface area contributed by atoms with Crippen molar-refractivity contribution < 1.29 is 22.7 Å². The van der Waals surface area contributed by atoms with E-state index < -0.39 is 6.36 Å². The summed E-state index contributed by atoms with van der Waals surface area (Å²) in [6.07, 6.45) is -3.70. The molecule has 0 saturated carbocycles. The van der Waals surface area contributed by atoms with Crippen molar-refractivity contribution in [1.29, 1.82) is 0 Å². The molecule has 19 heavy (non-hydrogen) atoms. The quantitative estimate of drug-likeness (QED) is 0.859. The molecule has 108 valence electrons. The molecule has 0 heterocycles. The zero-order valence-electron chi connectivity index (χ0n) is 11.1. The molecule has 1 aromatic carbocycles. The molecule has 0 amide bonds. The average Bonchev–Trinajstić information content (AvgIpc) is 2.31. The number of rotatable bonds is 4. The van der Waals surface area contributed by atoms with Crippen molar-refractivity contribution in [3.63, 3.8) is 0 Å². The summed E-state index contributed by atoms with van der Waals surface area (Å²) in [6.45, 7) is 4.33. The van der Waals surface area contributed by atoms with Crippen molar-refractivity contribution >= 4 is 6.29 Å². The second-order valence-electron chi connectivity index (χ2n) is 4.10. The summed E-state index contributed by atoms with van der Waals surface area (Å²) < 4.78 is 39.0. The Morgan fingerprint density at radius 2 is 1.74 bits per heavy atom. The van der Waals surface area contributed by atoms with Crippen LogP contribution < -0.4 is 10.1 Å². The molecule has 0 aliphatic heterocycles. The van der Waals surface area contributed by atoms with Gasteiger partial charge in [0, 0.05) is 12.5 Å². The summed E-state index contributed by atoms with van der Waals surface area (Å²) in [7, 11) is 1.76. The first-order valence-corrected chi connectivity index (χ1v) is 5.73. The molecule has 0 atom stereocenters. The molecular formula is C13H18F3NO2. The van der Waals surface area contributed by atoms with Gasteiger partial charge in [-0.25, -0.2) is 0 Å². The molecule has 6 heteroatoms. The normalized spacial score (nSPS) is 10.7. The van der Waals surface area contributed by atoms with Crippen LogP contribution in [0.15, 0.2) is 24.3 Å². The molecule has 0 aliphatic carbocycles. The lowest BCUT2D eigenvalue weighted by atomic mass is 10.2. The average molecular weight is 277 g/mol. The van der Waals surface area contributed by atoms with E-state index in [1.807, 2.05) is 13.8 Å². The minimum Gasteiger partial charge on any atom is -0.406 e. The van der Waals surface area contributed by atoms with Gasteiger partial charge >= 0.3 is 6.36 Å². The van der Waals surface area contributed by atoms with Gasteiger partial charge in [-0.1, -0.05) is 26.0 Å². The summed E-state index contributed by atoms with van der Waals surface area (Å²) in [4.78, 5) is 9.50. The third kappa shape index (κ3) is 10.1. The van der Waals surface area contributed by atoms with Gasteiger partial charge in [-0.05, 0) is 24.7 Å². The van der Waals surface area contributed by atoms with Gasteiger partial charge in [-0.15, -0.1) is 13.2 Å². The molecule has 0 aromatic heterocycles. The lowest BCUT2D eigenvalue weighted by Crippen LogP contribution is -2.17. The van der Waals surface area contributed by atoms with Crippen LogP contribution in [0.2, 0.25) is 0 Å². The second kappa shape index (κ2) is 8.53. The number of carbonyl (C=O) groups excluding carboxylic acids is 1. The largest absolute Gasteiger partial charge is 0.573 e. The van der Waals surface area contributed by atoms with Gasteiger partial charge < -0.3 is 14.8 Å². The van der Waals surface area contributed by atoms with Crippen LogP contribution in [0, 0.1) is 5.92 Å². The highest BCUT2D eigenvalue weighted by atomic mass is 19.4. The zero-order chi connectivity index (χ0) is 14.9. The summed E-state index contributed by atoms with van der Waals surface area (Å²) in [6, 6.07) is 5.75. The van der Waals surface area contributed by atoms with Gasteiger partial charge in [0.15, 0.2) is 0 Å². The molecule has 1 N–H and O–H groups in total. The lowest BCUT2D eigenvalue weighted by Gasteiger charge is -2.08. The Labute approximate surface area is 110 Å². The molecule has 1 aromatic rings. The summed E-state index contributed by atoms with van der Waals surface area (Å²) in [5.74, 6) is 0.00681. The topological polar surface area (TPSA) is 38.3 Å². The molecule has 0 spiro atoms. The molecule has 0 radical (unpaired) electrons. The maximum atomic E-state index is 11.8. The maximum Gasteiger partial charge on any atom is 0.573 e. The number of carbonyl (C=O) groups is 1. The Balaban J connectivity index is 0.000000555. The van der Waals surface area contributed by atoms with Gasteiger partial charge in [0.05, 0.1) is 0 Å². The van der Waals surface area contributed by atoms with E-state index in [1.165, 1.54) is 12.1 Å². The van der Waals surface area contributed by atoms with Gasteiger partial charge in [0.2, 0.25) is 0 Å². The fourth-order valence-electron chi connectivity index (χ4n) is 1.01. The standard InChI is InChI=1S/C9H10F3NO.C4H8O/c1-13-6-7-2-4-8(5-3-7)14-9(10,11)12;1-4(2)3-5/h2-5,13H,6H2,1H3;3-4H,1-2H3. The summed E-state index contributed by atoms with van der Waals surface area (Å²) in [5, 5.41) is 2.89. The van der Waals surface area contributed by atoms with E-state index in [-0.39, 0.29) is 11.7 Å². The van der Waals surface area contributed by atoms with Crippen molar-refractivity contribution in [3.05, 3.63) is 29.8 Å². The Bertz CT molecular complexity index is 361. The minimum absolute atomic E-state index is 0.197. The van der Waals surface area contributed by atoms with Gasteiger partial charge in [-0.3, -0.25) is 0 Å². The van der Waals surface area contributed by atoms with Gasteiger partial charge in [-0.2, -0.15) is 0 Å². The van der Waals surface area contributed by atoms with E-state index >= 15 is 0 Å². The molecular weight excluding hydrogens is 259 g/mol. The van der Waals surface area contributed by atoms with E-state index in [4.69, 9.17) is 0 Å². The molecule has 0 unspecified atom stereocenters. The first-order valence-electron chi connectivity index (χ1n) is 5.73. The van der Waals surface area contributed by atoms with Crippen LogP contribution >= 0.6 is 0 Å². The highest BCUT2D eigenvalue weighted by Crippen LogP contribution is 2.22. The Hall–Kier alpha value is -1.56. The number of hydrogen-bond donors (Lipinski definition) is 1. The fourth-order valence-corrected chi connectivity index (χ4v) is 1.01. The van der Waals surface area contributed by atoms with Gasteiger partial charge in [0.1, 0.15) is 12.0 Å². The number of halogens is 3. The Morgan fingerprint density at radius 3 is 2.05 bits per heavy atom. The Kier molecular flexibility index (Phi) is 7.83. The van der Waals surface area contributed by atoms with Crippen molar-refractivity contribution in [3.8, 4) is 5.75 Å². The lowest BCUT2D eigenvalue weighted by molar-refractivity contribution is -0.274. The first-order chi connectivity index (χ1) is 8.78. The highest BCUT2D eigenvalue weighted by molar-refractivity contribution is 5.51. The van der Waals surface area contributed by atoms with Crippen molar-refractivity contribution in [1.82, 2.24) is 5.32 Å². The van der Waals surface area contributed by atoms with E-state index in [2.05, 4.69) is 10.1 Å². The molecule has 0 fully saturated rings. The van der Waals surface area contributed by atoms with Crippen LogP contribution in [0.1, 0.15) is 19.4 Å². The number of aldehydes is 1. The van der Waals surface area contributed by atoms with Crippen LogP contribution in [0.3, 0.4) is 0 Å². The third-order valence-corrected chi connectivity index (χ3v) is 1.81. The predicted molar refractivity (Wildman–Crippen MR) is 66.8 cm³/mol. The third-order valence-electron chi connectivity index (χ3n) is 1.81. The minimum atomic E-state index is -4.62. The molecule has 0 bridgehead atoms. The number of hydrogen-bond acceptors (Lipinski definition) is 3. The van der Waals surface area contributed by atoms with Gasteiger partial charge in [0.25, 0.3) is 0 Å². The van der Waals surface area contributed by atoms with E-state index in [9.17, 15) is 18.0 Å². The fraction of sp³-hybridized carbons (Fsp3) is 0.462. The van der Waals surface area contributed by atoms with Crippen LogP contribution in [0.5, 0.6) is 5.75 Å². The molecule has 1 rings (SSSR count). The van der Waals surface area contributed by atoms with Crippen molar-refractivity contribution in [2.24, 2.45) is 5.92 Å². The second-order valence-corrected chi connectivity index (χ2v) is 4.10. The van der Waals surface area contributed by atoms with Crippen molar-refractivity contribution in [2.45, 2.75) is 26.8 Å². The van der Waals surface area contributed by atoms with Crippen molar-refractivity contribution in [2.75, 3.05) is 7.05 Å². The summed E-state index contributed by atoms with van der Waals surface area (Å²) in [5.41, 5.74) is 0.905. The highest BCUT2D eigenvalue weighted by Gasteiger charge is 2.30. The smallest absolute Gasteiger partial charge is 0.406 e. The number of ether oxygens (including phenoxy) is 1. The zero-order valence-corrected chi connectivity index (χ0v) is 11.1. The number of alkyl halides is 3. The number of benzene rings is 1. The van der Waals surface area contributed by atoms with E-state index in [0.717, 1.165) is 11.8 Å². The number of nitrogens with one attached hydrogen (secondary N) is 1. The molecule has 0 aliphatic rings.